The maximum absolute atomic E-state index is 13.2. The molecule has 2 aliphatic rings. The molecule has 0 spiro atoms. The first-order chi connectivity index (χ1) is 23.8. The van der Waals surface area contributed by atoms with Crippen LogP contribution in [-0.2, 0) is 43.6 Å². The molecule has 0 radical (unpaired) electrons. The van der Waals surface area contributed by atoms with E-state index in [4.69, 9.17) is 14.2 Å². The molecule has 6 rings (SSSR count). The average Bonchev–Trinajstić information content (AvgIpc) is 3.40. The van der Waals surface area contributed by atoms with Gasteiger partial charge in [-0.25, -0.2) is 9.69 Å². The number of nitrogens with one attached hydrogen (secondary N) is 1. The highest BCUT2D eigenvalue weighted by Crippen LogP contribution is 2.42. The fraction of sp³-hybridized carbons (Fsp3) is 0.308. The molecule has 0 aliphatic carbocycles. The lowest BCUT2D eigenvalue weighted by molar-refractivity contribution is -0.276. The van der Waals surface area contributed by atoms with Gasteiger partial charge in [0.15, 0.2) is 6.29 Å². The molecule has 5 atom stereocenters. The zero-order valence-corrected chi connectivity index (χ0v) is 27.6. The number of amides is 3. The Hall–Kier alpha value is -4.87. The summed E-state index contributed by atoms with van der Waals surface area (Å²) in [7, 11) is 2.07. The van der Waals surface area contributed by atoms with Crippen molar-refractivity contribution in [2.24, 2.45) is 5.92 Å². The Morgan fingerprint density at radius 3 is 2.14 bits per heavy atom. The summed E-state index contributed by atoms with van der Waals surface area (Å²) < 4.78 is 18.4. The van der Waals surface area contributed by atoms with Crippen LogP contribution in [0.25, 0.3) is 0 Å². The number of imide groups is 1. The monoisotopic (exact) mass is 663 g/mol. The number of ether oxygens (including phenoxy) is 3. The van der Waals surface area contributed by atoms with Crippen molar-refractivity contribution in [1.29, 1.82) is 0 Å². The number of nitrogens with zero attached hydrogens (tertiary/aromatic N) is 2. The van der Waals surface area contributed by atoms with E-state index in [1.54, 1.807) is 24.3 Å². The Kier molecular flexibility index (Phi) is 10.8. The molecular weight excluding hydrogens is 622 g/mol. The molecule has 4 aromatic carbocycles. The zero-order valence-electron chi connectivity index (χ0n) is 27.6. The van der Waals surface area contributed by atoms with Crippen molar-refractivity contribution >= 4 is 23.6 Å². The van der Waals surface area contributed by atoms with E-state index in [2.05, 4.69) is 36.3 Å². The molecule has 2 aliphatic heterocycles. The molecule has 1 unspecified atom stereocenters. The summed E-state index contributed by atoms with van der Waals surface area (Å²) in [6, 6.07) is 33.2. The van der Waals surface area contributed by atoms with Crippen molar-refractivity contribution in [2.75, 3.05) is 18.5 Å². The van der Waals surface area contributed by atoms with Gasteiger partial charge in [-0.2, -0.15) is 0 Å². The normalized spacial score (nSPS) is 22.4. The standard InChI is InChI=1S/C39H41N3O7/c1-26-34(23-41(2)22-27-9-5-3-6-10-27)48-38(49-36(26)30-15-13-28(24-43)14-16-30)31-17-19-32(20-18-31)42-35(44)21-33(37(42)45)40-39(46)47-25-29-11-7-4-8-12-29/h3-20,26,33-34,36,38,43H,21-25H2,1-2H3,(H,40,46)/t26-,33?,34+,36+,38+/m0/s1. The Bertz CT molecular complexity index is 1720. The molecule has 0 aromatic heterocycles. The largest absolute Gasteiger partial charge is 0.445 e. The second-order valence-electron chi connectivity index (χ2n) is 12.6. The van der Waals surface area contributed by atoms with E-state index >= 15 is 0 Å². The molecule has 2 N–H and O–H groups in total. The molecule has 4 aromatic rings. The number of hydrogen-bond donors (Lipinski definition) is 2. The number of aliphatic hydroxyl groups is 1. The van der Waals surface area contributed by atoms with Crippen molar-refractivity contribution < 1.29 is 33.7 Å². The lowest BCUT2D eigenvalue weighted by Crippen LogP contribution is -2.43. The summed E-state index contributed by atoms with van der Waals surface area (Å²) >= 11 is 0. The summed E-state index contributed by atoms with van der Waals surface area (Å²) in [5.41, 5.74) is 4.95. The smallest absolute Gasteiger partial charge is 0.408 e. The van der Waals surface area contributed by atoms with Gasteiger partial charge >= 0.3 is 6.09 Å². The number of carbonyl (C=O) groups is 3. The van der Waals surface area contributed by atoms with E-state index in [0.717, 1.165) is 33.7 Å². The Labute approximate surface area is 286 Å². The molecule has 0 saturated carbocycles. The van der Waals surface area contributed by atoms with E-state index in [-0.39, 0.29) is 37.8 Å². The zero-order chi connectivity index (χ0) is 34.3. The van der Waals surface area contributed by atoms with Gasteiger partial charge < -0.3 is 24.6 Å². The van der Waals surface area contributed by atoms with Crippen molar-refractivity contribution in [3.8, 4) is 0 Å². The number of likely N-dealkylation sites (N-methyl/N-ethyl adjacent to an activating group) is 1. The molecule has 49 heavy (non-hydrogen) atoms. The summed E-state index contributed by atoms with van der Waals surface area (Å²) in [6.07, 6.45) is -2.09. The van der Waals surface area contributed by atoms with Crippen molar-refractivity contribution in [3.63, 3.8) is 0 Å². The lowest BCUT2D eigenvalue weighted by Gasteiger charge is -2.42. The van der Waals surface area contributed by atoms with Gasteiger partial charge in [0.25, 0.3) is 5.91 Å². The quantitative estimate of drug-likeness (QED) is 0.198. The summed E-state index contributed by atoms with van der Waals surface area (Å²) in [5, 5.41) is 12.1. The first-order valence-electron chi connectivity index (χ1n) is 16.5. The molecule has 0 bridgehead atoms. The molecule has 2 heterocycles. The third kappa shape index (κ3) is 8.23. The second kappa shape index (κ2) is 15.6. The van der Waals surface area contributed by atoms with Gasteiger partial charge in [0.2, 0.25) is 5.91 Å². The van der Waals surface area contributed by atoms with E-state index in [0.29, 0.717) is 12.2 Å². The lowest BCUT2D eigenvalue weighted by atomic mass is 9.90. The van der Waals surface area contributed by atoms with Gasteiger partial charge in [-0.3, -0.25) is 14.5 Å². The van der Waals surface area contributed by atoms with E-state index in [9.17, 15) is 19.5 Å². The number of rotatable bonds is 11. The predicted octanol–water partition coefficient (Wildman–Crippen LogP) is 5.66. The summed E-state index contributed by atoms with van der Waals surface area (Å²) in [6.45, 7) is 3.57. The van der Waals surface area contributed by atoms with Crippen LogP contribution in [0, 0.1) is 5.92 Å². The summed E-state index contributed by atoms with van der Waals surface area (Å²) in [4.78, 5) is 41.9. The molecule has 10 nitrogen and oxygen atoms in total. The number of alkyl carbamates (subject to hydrolysis) is 1. The van der Waals surface area contributed by atoms with Crippen LogP contribution >= 0.6 is 0 Å². The highest BCUT2D eigenvalue weighted by atomic mass is 16.7. The van der Waals surface area contributed by atoms with Crippen molar-refractivity contribution in [3.05, 3.63) is 137 Å². The minimum Gasteiger partial charge on any atom is -0.445 e. The van der Waals surface area contributed by atoms with Gasteiger partial charge in [-0.15, -0.1) is 0 Å². The van der Waals surface area contributed by atoms with Gasteiger partial charge in [-0.05, 0) is 41.4 Å². The topological polar surface area (TPSA) is 118 Å². The fourth-order valence-corrected chi connectivity index (χ4v) is 6.30. The van der Waals surface area contributed by atoms with E-state index < -0.39 is 30.2 Å². The number of hydrogen-bond acceptors (Lipinski definition) is 8. The number of aliphatic hydroxyl groups excluding tert-OH is 1. The molecule has 2 saturated heterocycles. The molecule has 2 fully saturated rings. The first-order valence-corrected chi connectivity index (χ1v) is 16.5. The van der Waals surface area contributed by atoms with Crippen LogP contribution in [-0.4, -0.2) is 53.7 Å². The van der Waals surface area contributed by atoms with Crippen LogP contribution in [0.2, 0.25) is 0 Å². The van der Waals surface area contributed by atoms with Crippen molar-refractivity contribution in [2.45, 2.75) is 57.6 Å². The van der Waals surface area contributed by atoms with Gasteiger partial charge in [-0.1, -0.05) is 104 Å². The third-order valence-corrected chi connectivity index (χ3v) is 8.99. The molecular formula is C39H41N3O7. The second-order valence-corrected chi connectivity index (χ2v) is 12.6. The minimum atomic E-state index is -1.02. The van der Waals surface area contributed by atoms with Gasteiger partial charge in [0.1, 0.15) is 12.6 Å². The maximum Gasteiger partial charge on any atom is 0.408 e. The molecule has 10 heteroatoms. The van der Waals surface area contributed by atoms with Crippen LogP contribution < -0.4 is 10.2 Å². The molecule has 254 valence electrons. The maximum atomic E-state index is 13.2. The molecule has 3 amide bonds. The number of benzene rings is 4. The van der Waals surface area contributed by atoms with Gasteiger partial charge in [0.05, 0.1) is 30.9 Å². The summed E-state index contributed by atoms with van der Waals surface area (Å²) in [5.74, 6) is -0.934. The average molecular weight is 664 g/mol. The Morgan fingerprint density at radius 2 is 1.49 bits per heavy atom. The van der Waals surface area contributed by atoms with Gasteiger partial charge in [0, 0.05) is 24.6 Å². The van der Waals surface area contributed by atoms with Crippen LogP contribution in [0.1, 0.15) is 53.6 Å². The third-order valence-electron chi connectivity index (χ3n) is 8.99. The highest BCUT2D eigenvalue weighted by molar-refractivity contribution is 6.22. The fourth-order valence-electron chi connectivity index (χ4n) is 6.30. The number of carbonyl (C=O) groups excluding carboxylic acids is 3. The predicted molar refractivity (Wildman–Crippen MR) is 183 cm³/mol. The first kappa shape index (κ1) is 34.0. The van der Waals surface area contributed by atoms with E-state index in [1.807, 2.05) is 72.8 Å². The SMILES string of the molecule is C[C@H]1[C@@H](CN(C)Cc2ccccc2)O[C@@H](c2ccc(N3C(=O)CC(NC(=O)OCc4ccccc4)C3=O)cc2)O[C@H]1c1ccc(CO)cc1. The number of anilines is 1. The van der Waals surface area contributed by atoms with Crippen LogP contribution in [0.4, 0.5) is 10.5 Å². The van der Waals surface area contributed by atoms with Crippen molar-refractivity contribution in [1.82, 2.24) is 10.2 Å². The minimum absolute atomic E-state index is 0.0115. The van der Waals surface area contributed by atoms with Crippen LogP contribution in [0.5, 0.6) is 0 Å². The van der Waals surface area contributed by atoms with E-state index in [1.165, 1.54) is 5.56 Å². The van der Waals surface area contributed by atoms with Crippen LogP contribution in [0.3, 0.4) is 0 Å². The Morgan fingerprint density at radius 1 is 0.857 bits per heavy atom. The highest BCUT2D eigenvalue weighted by Gasteiger charge is 2.42. The Balaban J connectivity index is 1.14. The van der Waals surface area contributed by atoms with Crippen LogP contribution in [0.15, 0.2) is 109 Å².